The number of rotatable bonds is 5. The van der Waals surface area contributed by atoms with Gasteiger partial charge in [0.05, 0.1) is 12.0 Å². The van der Waals surface area contributed by atoms with Gasteiger partial charge in [0.15, 0.2) is 16.7 Å². The van der Waals surface area contributed by atoms with Crippen LogP contribution in [0.3, 0.4) is 0 Å². The first-order valence-corrected chi connectivity index (χ1v) is 8.60. The monoisotopic (exact) mass is 374 g/mol. The van der Waals surface area contributed by atoms with Gasteiger partial charge in [-0.05, 0) is 41.6 Å². The molecule has 0 bridgehead atoms. The average Bonchev–Trinajstić information content (AvgIpc) is 2.91. The molecule has 1 aliphatic rings. The molecule has 2 aromatic carbocycles. The highest BCUT2D eigenvalue weighted by molar-refractivity contribution is 8.18. The van der Waals surface area contributed by atoms with E-state index in [-0.39, 0.29) is 11.1 Å². The molecule has 2 N–H and O–H groups in total. The van der Waals surface area contributed by atoms with Crippen molar-refractivity contribution >= 4 is 40.5 Å². The summed E-state index contributed by atoms with van der Waals surface area (Å²) in [5, 5.41) is 10.7. The van der Waals surface area contributed by atoms with E-state index < -0.39 is 0 Å². The van der Waals surface area contributed by atoms with E-state index in [4.69, 9.17) is 26.5 Å². The van der Waals surface area contributed by atoms with Gasteiger partial charge in [-0.2, -0.15) is 0 Å². The lowest BCUT2D eigenvalue weighted by molar-refractivity contribution is -0.115. The summed E-state index contributed by atoms with van der Waals surface area (Å²) >= 11 is 7.24. The van der Waals surface area contributed by atoms with E-state index in [0.29, 0.717) is 28.0 Å². The van der Waals surface area contributed by atoms with E-state index in [9.17, 15) is 4.79 Å². The number of amidine groups is 1. The predicted molar refractivity (Wildman–Crippen MR) is 100 cm³/mol. The maximum atomic E-state index is 11.7. The molecule has 128 valence electrons. The fourth-order valence-corrected chi connectivity index (χ4v) is 3.15. The highest BCUT2D eigenvalue weighted by Gasteiger charge is 2.22. The second-order valence-corrected chi connectivity index (χ2v) is 6.64. The Hall–Kier alpha value is -2.44. The van der Waals surface area contributed by atoms with Gasteiger partial charge in [-0.1, -0.05) is 35.9 Å². The van der Waals surface area contributed by atoms with E-state index in [1.165, 1.54) is 0 Å². The van der Waals surface area contributed by atoms with Gasteiger partial charge in [0.2, 0.25) is 0 Å². The third kappa shape index (κ3) is 4.15. The van der Waals surface area contributed by atoms with Crippen molar-refractivity contribution in [2.45, 2.75) is 6.61 Å². The number of thioether (sulfide) groups is 1. The molecule has 0 saturated carbocycles. The fourth-order valence-electron chi connectivity index (χ4n) is 2.26. The molecule has 0 aliphatic carbocycles. The summed E-state index contributed by atoms with van der Waals surface area (Å²) in [6, 6.07) is 12.9. The van der Waals surface area contributed by atoms with Gasteiger partial charge in [-0.3, -0.25) is 10.2 Å². The first-order chi connectivity index (χ1) is 12.1. The van der Waals surface area contributed by atoms with Crippen molar-refractivity contribution < 1.29 is 14.3 Å². The van der Waals surface area contributed by atoms with E-state index >= 15 is 0 Å². The quantitative estimate of drug-likeness (QED) is 0.774. The van der Waals surface area contributed by atoms with Crippen LogP contribution in [0.4, 0.5) is 0 Å². The van der Waals surface area contributed by atoms with Gasteiger partial charge in [0, 0.05) is 10.6 Å². The molecule has 1 amide bonds. The minimum absolute atomic E-state index is 0.125. The molecule has 0 unspecified atom stereocenters. The van der Waals surface area contributed by atoms with Crippen LogP contribution in [-0.2, 0) is 11.4 Å². The number of benzene rings is 2. The van der Waals surface area contributed by atoms with Crippen LogP contribution < -0.4 is 14.8 Å². The molecule has 3 rings (SSSR count). The number of halogens is 1. The van der Waals surface area contributed by atoms with Crippen molar-refractivity contribution in [2.24, 2.45) is 0 Å². The van der Waals surface area contributed by atoms with E-state index in [2.05, 4.69) is 5.32 Å². The van der Waals surface area contributed by atoms with E-state index in [1.807, 2.05) is 30.3 Å². The lowest BCUT2D eigenvalue weighted by Crippen LogP contribution is -2.18. The zero-order chi connectivity index (χ0) is 17.8. The Labute approximate surface area is 154 Å². The number of methoxy groups -OCH3 is 1. The fraction of sp³-hybridized carbons (Fsp3) is 0.111. The molecular formula is C18H15ClN2O3S. The largest absolute Gasteiger partial charge is 0.493 e. The molecule has 0 spiro atoms. The van der Waals surface area contributed by atoms with Crippen LogP contribution in [0.1, 0.15) is 11.1 Å². The van der Waals surface area contributed by atoms with Gasteiger partial charge in [0.25, 0.3) is 5.91 Å². The number of amides is 1. The summed E-state index contributed by atoms with van der Waals surface area (Å²) in [7, 11) is 1.57. The normalized spacial score (nSPS) is 15.4. The number of hydrogen-bond donors (Lipinski definition) is 2. The zero-order valence-corrected chi connectivity index (χ0v) is 14.9. The summed E-state index contributed by atoms with van der Waals surface area (Å²) in [6.07, 6.45) is 1.71. The molecule has 0 atom stereocenters. The molecule has 7 heteroatoms. The van der Waals surface area contributed by atoms with Crippen molar-refractivity contribution in [2.75, 3.05) is 7.11 Å². The Bertz CT molecular complexity index is 867. The van der Waals surface area contributed by atoms with Crippen LogP contribution in [0.2, 0.25) is 5.02 Å². The standard InChI is InChI=1S/C18H15ClN2O3S/c1-23-14-7-6-11(9-16-17(22)21-18(20)25-16)8-15(14)24-10-12-4-2-3-5-13(12)19/h2-9H,10H2,1H3,(H2,20,21,22)/b16-9-. The second kappa shape index (κ2) is 7.63. The third-order valence-corrected chi connectivity index (χ3v) is 4.69. The van der Waals surface area contributed by atoms with Crippen molar-refractivity contribution in [3.63, 3.8) is 0 Å². The molecular weight excluding hydrogens is 360 g/mol. The summed E-state index contributed by atoms with van der Waals surface area (Å²) in [5.74, 6) is 0.866. The van der Waals surface area contributed by atoms with Gasteiger partial charge < -0.3 is 14.8 Å². The highest BCUT2D eigenvalue weighted by Crippen LogP contribution is 2.32. The Balaban J connectivity index is 1.83. The summed E-state index contributed by atoms with van der Waals surface area (Å²) < 4.78 is 11.2. The van der Waals surface area contributed by atoms with Crippen LogP contribution in [0.5, 0.6) is 11.5 Å². The summed E-state index contributed by atoms with van der Waals surface area (Å²) in [5.41, 5.74) is 1.65. The van der Waals surface area contributed by atoms with Crippen LogP contribution in [0.25, 0.3) is 6.08 Å². The SMILES string of the molecule is COc1ccc(/C=C2\SC(=N)NC2=O)cc1OCc1ccccc1Cl. The Morgan fingerprint density at radius 2 is 2.04 bits per heavy atom. The first-order valence-electron chi connectivity index (χ1n) is 7.40. The number of carbonyl (C=O) groups is 1. The topological polar surface area (TPSA) is 71.4 Å². The Kier molecular flexibility index (Phi) is 5.31. The van der Waals surface area contributed by atoms with Crippen LogP contribution in [-0.4, -0.2) is 18.2 Å². The molecule has 1 heterocycles. The van der Waals surface area contributed by atoms with E-state index in [0.717, 1.165) is 22.9 Å². The molecule has 5 nitrogen and oxygen atoms in total. The summed E-state index contributed by atoms with van der Waals surface area (Å²) in [6.45, 7) is 0.302. The zero-order valence-electron chi connectivity index (χ0n) is 13.3. The highest BCUT2D eigenvalue weighted by atomic mass is 35.5. The maximum absolute atomic E-state index is 11.7. The molecule has 1 saturated heterocycles. The number of nitrogens with one attached hydrogen (secondary N) is 2. The van der Waals surface area contributed by atoms with Gasteiger partial charge >= 0.3 is 0 Å². The van der Waals surface area contributed by atoms with Crippen LogP contribution in [0, 0.1) is 5.41 Å². The third-order valence-electron chi connectivity index (χ3n) is 3.49. The van der Waals surface area contributed by atoms with Crippen molar-refractivity contribution in [3.05, 3.63) is 63.5 Å². The Morgan fingerprint density at radius 1 is 1.24 bits per heavy atom. The van der Waals surface area contributed by atoms with Gasteiger partial charge in [-0.15, -0.1) is 0 Å². The smallest absolute Gasteiger partial charge is 0.264 e. The first kappa shape index (κ1) is 17.4. The maximum Gasteiger partial charge on any atom is 0.264 e. The minimum Gasteiger partial charge on any atom is -0.493 e. The van der Waals surface area contributed by atoms with Crippen molar-refractivity contribution in [1.82, 2.24) is 5.32 Å². The predicted octanol–water partition coefficient (Wildman–Crippen LogP) is 4.07. The molecule has 1 fully saturated rings. The second-order valence-electron chi connectivity index (χ2n) is 5.18. The number of carbonyl (C=O) groups excluding carboxylic acids is 1. The molecule has 25 heavy (non-hydrogen) atoms. The van der Waals surface area contributed by atoms with Crippen LogP contribution >= 0.6 is 23.4 Å². The number of ether oxygens (including phenoxy) is 2. The molecule has 1 aliphatic heterocycles. The molecule has 2 aromatic rings. The average molecular weight is 375 g/mol. The minimum atomic E-state index is -0.274. The number of hydrogen-bond acceptors (Lipinski definition) is 5. The van der Waals surface area contributed by atoms with E-state index in [1.54, 1.807) is 25.3 Å². The summed E-state index contributed by atoms with van der Waals surface area (Å²) in [4.78, 5) is 12.2. The lowest BCUT2D eigenvalue weighted by atomic mass is 10.2. The van der Waals surface area contributed by atoms with Crippen LogP contribution in [0.15, 0.2) is 47.4 Å². The lowest BCUT2D eigenvalue weighted by Gasteiger charge is -2.12. The molecule has 0 radical (unpaired) electrons. The Morgan fingerprint density at radius 3 is 2.72 bits per heavy atom. The van der Waals surface area contributed by atoms with Crippen molar-refractivity contribution in [1.29, 1.82) is 5.41 Å². The molecule has 0 aromatic heterocycles. The van der Waals surface area contributed by atoms with Gasteiger partial charge in [0.1, 0.15) is 6.61 Å². The van der Waals surface area contributed by atoms with Crippen molar-refractivity contribution in [3.8, 4) is 11.5 Å². The van der Waals surface area contributed by atoms with Gasteiger partial charge in [-0.25, -0.2) is 0 Å².